The number of nitrogens with zero attached hydrogens (tertiary/aromatic N) is 1. The van der Waals surface area contributed by atoms with E-state index in [1.807, 2.05) is 6.07 Å². The Kier molecular flexibility index (Phi) is 3.52. The number of nitro groups is 1. The quantitative estimate of drug-likeness (QED) is 0.595. The van der Waals surface area contributed by atoms with Gasteiger partial charge in [-0.1, -0.05) is 18.2 Å². The Balaban J connectivity index is 2.12. The van der Waals surface area contributed by atoms with Gasteiger partial charge in [0.05, 0.1) is 4.92 Å². The van der Waals surface area contributed by atoms with Crippen LogP contribution in [0.2, 0.25) is 0 Å². The molecule has 1 aliphatic carbocycles. The van der Waals surface area contributed by atoms with Crippen LogP contribution in [-0.4, -0.2) is 10.7 Å². The van der Waals surface area contributed by atoms with Crippen molar-refractivity contribution >= 4 is 11.5 Å². The van der Waals surface area contributed by atoms with Crippen LogP contribution in [0.15, 0.2) is 24.3 Å². The zero-order valence-corrected chi connectivity index (χ0v) is 9.59. The molecule has 0 spiro atoms. The van der Waals surface area contributed by atoms with Crippen LogP contribution in [0.3, 0.4) is 0 Å². The Hall–Kier alpha value is -1.71. The second-order valence-electron chi connectivity index (χ2n) is 4.59. The van der Waals surface area contributed by atoms with E-state index in [2.05, 4.69) is 0 Å². The number of rotatable bonds is 3. The highest BCUT2D eigenvalue weighted by Gasteiger charge is 2.22. The number of carbonyl (C=O) groups is 1. The fourth-order valence-corrected chi connectivity index (χ4v) is 2.46. The van der Waals surface area contributed by atoms with Gasteiger partial charge < -0.3 is 0 Å². The van der Waals surface area contributed by atoms with E-state index in [9.17, 15) is 14.9 Å². The van der Waals surface area contributed by atoms with Gasteiger partial charge in [0.1, 0.15) is 5.78 Å². The third-order valence-corrected chi connectivity index (χ3v) is 3.28. The molecule has 4 heteroatoms. The van der Waals surface area contributed by atoms with Gasteiger partial charge in [0, 0.05) is 24.5 Å². The SMILES string of the molecule is O=C1CCCC(Cc2ccccc2[N+](=O)[O-])C1. The average Bonchev–Trinajstić information content (AvgIpc) is 2.29. The Morgan fingerprint density at radius 3 is 2.82 bits per heavy atom. The highest BCUT2D eigenvalue weighted by atomic mass is 16.6. The first-order valence-electron chi connectivity index (χ1n) is 5.91. The summed E-state index contributed by atoms with van der Waals surface area (Å²) in [6, 6.07) is 6.80. The number of para-hydroxylation sites is 1. The molecule has 0 aromatic heterocycles. The number of hydrogen-bond acceptors (Lipinski definition) is 3. The molecule has 1 atom stereocenters. The first kappa shape index (κ1) is 11.8. The molecule has 0 radical (unpaired) electrons. The summed E-state index contributed by atoms with van der Waals surface area (Å²) in [5.74, 6) is 0.567. The van der Waals surface area contributed by atoms with E-state index >= 15 is 0 Å². The van der Waals surface area contributed by atoms with E-state index in [0.717, 1.165) is 18.4 Å². The molecule has 1 fully saturated rings. The second kappa shape index (κ2) is 5.08. The molecule has 1 aliphatic rings. The van der Waals surface area contributed by atoms with Gasteiger partial charge in [-0.2, -0.15) is 0 Å². The van der Waals surface area contributed by atoms with Gasteiger partial charge in [-0.05, 0) is 25.2 Å². The number of Topliss-reactive ketones (excluding diaryl/α,β-unsaturated/α-hetero) is 1. The molecule has 0 heterocycles. The van der Waals surface area contributed by atoms with Crippen LogP contribution >= 0.6 is 0 Å². The van der Waals surface area contributed by atoms with Gasteiger partial charge in [-0.15, -0.1) is 0 Å². The van der Waals surface area contributed by atoms with Crippen molar-refractivity contribution in [1.29, 1.82) is 0 Å². The van der Waals surface area contributed by atoms with Gasteiger partial charge in [-0.25, -0.2) is 0 Å². The molecule has 90 valence electrons. The minimum Gasteiger partial charge on any atom is -0.300 e. The maximum atomic E-state index is 11.3. The van der Waals surface area contributed by atoms with Gasteiger partial charge in [-0.3, -0.25) is 14.9 Å². The van der Waals surface area contributed by atoms with Crippen LogP contribution in [0.4, 0.5) is 5.69 Å². The third kappa shape index (κ3) is 2.90. The van der Waals surface area contributed by atoms with Gasteiger partial charge >= 0.3 is 0 Å². The Morgan fingerprint density at radius 2 is 2.12 bits per heavy atom. The van der Waals surface area contributed by atoms with Crippen LogP contribution in [0, 0.1) is 16.0 Å². The third-order valence-electron chi connectivity index (χ3n) is 3.28. The Bertz CT molecular complexity index is 442. The predicted octanol–water partition coefficient (Wildman–Crippen LogP) is 2.90. The van der Waals surface area contributed by atoms with E-state index in [-0.39, 0.29) is 16.5 Å². The fraction of sp³-hybridized carbons (Fsp3) is 0.462. The maximum absolute atomic E-state index is 11.3. The lowest BCUT2D eigenvalue weighted by Gasteiger charge is -2.20. The lowest BCUT2D eigenvalue weighted by atomic mass is 9.84. The fourth-order valence-electron chi connectivity index (χ4n) is 2.46. The summed E-state index contributed by atoms with van der Waals surface area (Å²) in [5.41, 5.74) is 0.919. The largest absolute Gasteiger partial charge is 0.300 e. The minimum atomic E-state index is -0.347. The molecular weight excluding hydrogens is 218 g/mol. The highest BCUT2D eigenvalue weighted by molar-refractivity contribution is 5.79. The molecule has 1 aromatic rings. The number of carbonyl (C=O) groups excluding carboxylic acids is 1. The lowest BCUT2D eigenvalue weighted by Crippen LogP contribution is -2.17. The Morgan fingerprint density at radius 1 is 1.35 bits per heavy atom. The number of nitro benzene ring substituents is 1. The molecule has 1 aromatic carbocycles. The van der Waals surface area contributed by atoms with Crippen molar-refractivity contribution < 1.29 is 9.72 Å². The van der Waals surface area contributed by atoms with Crippen molar-refractivity contribution in [2.75, 3.05) is 0 Å². The maximum Gasteiger partial charge on any atom is 0.272 e. The van der Waals surface area contributed by atoms with E-state index < -0.39 is 0 Å². The molecule has 17 heavy (non-hydrogen) atoms. The molecule has 0 bridgehead atoms. The van der Waals surface area contributed by atoms with Crippen molar-refractivity contribution in [3.63, 3.8) is 0 Å². The highest BCUT2D eigenvalue weighted by Crippen LogP contribution is 2.28. The van der Waals surface area contributed by atoms with Crippen LogP contribution < -0.4 is 0 Å². The second-order valence-corrected chi connectivity index (χ2v) is 4.59. The zero-order valence-electron chi connectivity index (χ0n) is 9.59. The van der Waals surface area contributed by atoms with Gasteiger partial charge in [0.2, 0.25) is 0 Å². The lowest BCUT2D eigenvalue weighted by molar-refractivity contribution is -0.385. The van der Waals surface area contributed by atoms with Gasteiger partial charge in [0.25, 0.3) is 5.69 Å². The van der Waals surface area contributed by atoms with Crippen LogP contribution in [0.25, 0.3) is 0 Å². The smallest absolute Gasteiger partial charge is 0.272 e. The number of ketones is 1. The summed E-state index contributed by atoms with van der Waals surface area (Å²) < 4.78 is 0. The molecule has 4 nitrogen and oxygen atoms in total. The Labute approximate surface area is 99.8 Å². The standard InChI is InChI=1S/C13H15NO3/c15-12-6-3-4-10(9-12)8-11-5-1-2-7-13(11)14(16)17/h1-2,5,7,10H,3-4,6,8-9H2. The molecule has 2 rings (SSSR count). The minimum absolute atomic E-state index is 0.172. The van der Waals surface area contributed by atoms with Crippen molar-refractivity contribution in [1.82, 2.24) is 0 Å². The first-order valence-corrected chi connectivity index (χ1v) is 5.91. The van der Waals surface area contributed by atoms with Crippen molar-refractivity contribution in [2.24, 2.45) is 5.92 Å². The van der Waals surface area contributed by atoms with Crippen molar-refractivity contribution in [3.8, 4) is 0 Å². The van der Waals surface area contributed by atoms with E-state index in [1.165, 1.54) is 6.07 Å². The van der Waals surface area contributed by atoms with Crippen molar-refractivity contribution in [3.05, 3.63) is 39.9 Å². The summed E-state index contributed by atoms with van der Waals surface area (Å²) in [7, 11) is 0. The molecular formula is C13H15NO3. The van der Waals surface area contributed by atoms with Crippen LogP contribution in [0.1, 0.15) is 31.2 Å². The number of benzene rings is 1. The van der Waals surface area contributed by atoms with Crippen molar-refractivity contribution in [2.45, 2.75) is 32.1 Å². The van der Waals surface area contributed by atoms with E-state index in [4.69, 9.17) is 0 Å². The van der Waals surface area contributed by atoms with E-state index in [0.29, 0.717) is 25.0 Å². The van der Waals surface area contributed by atoms with E-state index in [1.54, 1.807) is 12.1 Å². The summed E-state index contributed by atoms with van der Waals surface area (Å²) in [6.45, 7) is 0. The summed E-state index contributed by atoms with van der Waals surface area (Å²) in [4.78, 5) is 21.9. The molecule has 1 saturated carbocycles. The summed E-state index contributed by atoms with van der Waals surface area (Å²) >= 11 is 0. The van der Waals surface area contributed by atoms with Crippen LogP contribution in [-0.2, 0) is 11.2 Å². The molecule has 0 aliphatic heterocycles. The normalized spacial score (nSPS) is 20.2. The van der Waals surface area contributed by atoms with Gasteiger partial charge in [0.15, 0.2) is 0 Å². The zero-order chi connectivity index (χ0) is 12.3. The summed E-state index contributed by atoms with van der Waals surface area (Å²) in [5, 5.41) is 10.9. The molecule has 1 unspecified atom stereocenters. The average molecular weight is 233 g/mol. The first-order chi connectivity index (χ1) is 8.16. The topological polar surface area (TPSA) is 60.2 Å². The van der Waals surface area contributed by atoms with Crippen LogP contribution in [0.5, 0.6) is 0 Å². The molecule has 0 amide bonds. The number of hydrogen-bond donors (Lipinski definition) is 0. The monoisotopic (exact) mass is 233 g/mol. The molecule has 0 N–H and O–H groups in total. The predicted molar refractivity (Wildman–Crippen MR) is 63.8 cm³/mol. The molecule has 0 saturated heterocycles. The summed E-state index contributed by atoms with van der Waals surface area (Å²) in [6.07, 6.45) is 3.81.